The minimum atomic E-state index is 0.901. The number of nitrogens with zero attached hydrogens (tertiary/aromatic N) is 2. The van der Waals surface area contributed by atoms with Gasteiger partial charge in [-0.05, 0) is 144 Å². The maximum absolute atomic E-state index is 6.54. The monoisotopic (exact) mass is 658 g/mol. The molecule has 9 aromatic rings. The summed E-state index contributed by atoms with van der Waals surface area (Å²) in [6, 6.07) is 57.0. The molecule has 0 radical (unpaired) electrons. The Bertz CT molecular complexity index is 2580. The molecule has 0 saturated carbocycles. The molecule has 0 fully saturated rings. The molecule has 0 saturated heterocycles. The van der Waals surface area contributed by atoms with Gasteiger partial charge in [-0.3, -0.25) is 0 Å². The van der Waals surface area contributed by atoms with Crippen molar-refractivity contribution in [2.75, 3.05) is 9.80 Å². The number of hydrogen-bond acceptors (Lipinski definition) is 3. The summed E-state index contributed by atoms with van der Waals surface area (Å²) in [5.41, 5.74) is 13.6. The van der Waals surface area contributed by atoms with E-state index in [4.69, 9.17) is 4.42 Å². The highest BCUT2D eigenvalue weighted by Crippen LogP contribution is 2.44. The lowest BCUT2D eigenvalue weighted by Gasteiger charge is -2.27. The zero-order valence-corrected chi connectivity index (χ0v) is 29.3. The molecule has 3 heteroatoms. The maximum atomic E-state index is 6.54. The van der Waals surface area contributed by atoms with Gasteiger partial charge < -0.3 is 14.2 Å². The molecule has 0 amide bonds. The van der Waals surface area contributed by atoms with Crippen LogP contribution in [-0.4, -0.2) is 0 Å². The smallest absolute Gasteiger partial charge is 0.136 e. The summed E-state index contributed by atoms with van der Waals surface area (Å²) < 4.78 is 6.54. The van der Waals surface area contributed by atoms with E-state index in [1.54, 1.807) is 0 Å². The van der Waals surface area contributed by atoms with Gasteiger partial charge in [0.1, 0.15) is 11.2 Å². The number of furan rings is 1. The third kappa shape index (κ3) is 5.30. The first-order valence-electron chi connectivity index (χ1n) is 17.6. The zero-order chi connectivity index (χ0) is 34.6. The molecule has 0 aliphatic rings. The first-order chi connectivity index (χ1) is 24.9. The number of aryl methyl sites for hydroxylation is 4. The second-order valence-corrected chi connectivity index (χ2v) is 13.7. The molecular formula is C48H38N2O. The average Bonchev–Trinajstić information content (AvgIpc) is 3.53. The SMILES string of the molecule is Cc1cccc(N(c2ccc3c(ccc4oc5ccc6cc(N(c7cccc(C)c7)c7ccccc7C)ccc6c5c43)c2)c2ccccc2C)c1. The van der Waals surface area contributed by atoms with Crippen LogP contribution in [-0.2, 0) is 0 Å². The van der Waals surface area contributed by atoms with Crippen molar-refractivity contribution in [3.8, 4) is 0 Å². The van der Waals surface area contributed by atoms with E-state index in [0.29, 0.717) is 0 Å². The van der Waals surface area contributed by atoms with Gasteiger partial charge in [0.25, 0.3) is 0 Å². The standard InChI is InChI=1S/C48H38N2O/c1-31-11-9-15-37(27-31)49(43-17-7-5-13-33(43)3)39-21-23-41-35(29-39)19-25-45-47(41)48-42-24-22-40(30-36(42)20-26-46(48)51-45)50(38-16-10-12-32(2)28-38)44-18-8-6-14-34(44)4/h5-30H,1-4H3. The molecule has 1 aromatic heterocycles. The average molecular weight is 659 g/mol. The van der Waals surface area contributed by atoms with Gasteiger partial charge in [-0.25, -0.2) is 0 Å². The summed E-state index contributed by atoms with van der Waals surface area (Å²) in [7, 11) is 0. The van der Waals surface area contributed by atoms with Crippen LogP contribution in [0.5, 0.6) is 0 Å². The Hall–Kier alpha value is -6.32. The summed E-state index contributed by atoms with van der Waals surface area (Å²) in [4.78, 5) is 4.73. The molecule has 3 nitrogen and oxygen atoms in total. The Morgan fingerprint density at radius 1 is 0.373 bits per heavy atom. The van der Waals surface area contributed by atoms with Gasteiger partial charge in [-0.15, -0.1) is 0 Å². The highest BCUT2D eigenvalue weighted by Gasteiger charge is 2.20. The Balaban J connectivity index is 1.22. The molecule has 0 spiro atoms. The largest absolute Gasteiger partial charge is 0.456 e. The Morgan fingerprint density at radius 3 is 1.24 bits per heavy atom. The molecule has 0 bridgehead atoms. The number of para-hydroxylation sites is 2. The summed E-state index contributed by atoms with van der Waals surface area (Å²) in [5.74, 6) is 0. The first-order valence-corrected chi connectivity index (χ1v) is 17.6. The normalized spacial score (nSPS) is 11.5. The lowest BCUT2D eigenvalue weighted by Crippen LogP contribution is -2.11. The zero-order valence-electron chi connectivity index (χ0n) is 29.3. The summed E-state index contributed by atoms with van der Waals surface area (Å²) >= 11 is 0. The predicted molar refractivity (Wildman–Crippen MR) is 217 cm³/mol. The number of fused-ring (bicyclic) bond motifs is 7. The van der Waals surface area contributed by atoms with Gasteiger partial charge in [-0.2, -0.15) is 0 Å². The quantitative estimate of drug-likeness (QED) is 0.177. The van der Waals surface area contributed by atoms with Crippen molar-refractivity contribution >= 4 is 77.6 Å². The van der Waals surface area contributed by atoms with Crippen LogP contribution in [0, 0.1) is 27.7 Å². The van der Waals surface area contributed by atoms with Crippen LogP contribution in [0.1, 0.15) is 22.3 Å². The summed E-state index contributed by atoms with van der Waals surface area (Å²) in [5, 5.41) is 7.02. The third-order valence-corrected chi connectivity index (χ3v) is 10.1. The molecule has 0 aliphatic carbocycles. The van der Waals surface area contributed by atoms with E-state index in [-0.39, 0.29) is 0 Å². The van der Waals surface area contributed by atoms with Gasteiger partial charge in [0.05, 0.1) is 0 Å². The predicted octanol–water partition coefficient (Wildman–Crippen LogP) is 14.1. The minimum Gasteiger partial charge on any atom is -0.456 e. The second kappa shape index (κ2) is 12.2. The van der Waals surface area contributed by atoms with Crippen molar-refractivity contribution in [1.82, 2.24) is 0 Å². The summed E-state index contributed by atoms with van der Waals surface area (Å²) in [6.07, 6.45) is 0. The molecule has 0 atom stereocenters. The number of hydrogen-bond donors (Lipinski definition) is 0. The van der Waals surface area contributed by atoms with Crippen molar-refractivity contribution in [1.29, 1.82) is 0 Å². The number of rotatable bonds is 6. The van der Waals surface area contributed by atoms with Crippen LogP contribution in [0.2, 0.25) is 0 Å². The molecule has 8 aromatic carbocycles. The number of benzene rings is 8. The van der Waals surface area contributed by atoms with Gasteiger partial charge in [0, 0.05) is 44.9 Å². The molecule has 9 rings (SSSR count). The first kappa shape index (κ1) is 30.7. The van der Waals surface area contributed by atoms with Crippen molar-refractivity contribution in [3.63, 3.8) is 0 Å². The van der Waals surface area contributed by atoms with Gasteiger partial charge in [0.15, 0.2) is 0 Å². The van der Waals surface area contributed by atoms with Crippen LogP contribution in [0.3, 0.4) is 0 Å². The molecular weight excluding hydrogens is 621 g/mol. The van der Waals surface area contributed by atoms with E-state index < -0.39 is 0 Å². The van der Waals surface area contributed by atoms with Crippen molar-refractivity contribution in [2.24, 2.45) is 0 Å². The van der Waals surface area contributed by atoms with Crippen LogP contribution < -0.4 is 9.80 Å². The lowest BCUT2D eigenvalue weighted by atomic mass is 9.98. The van der Waals surface area contributed by atoms with E-state index in [1.807, 2.05) is 0 Å². The van der Waals surface area contributed by atoms with Crippen LogP contribution in [0.15, 0.2) is 162 Å². The van der Waals surface area contributed by atoms with Crippen LogP contribution in [0.25, 0.3) is 43.5 Å². The molecule has 0 aliphatic heterocycles. The van der Waals surface area contributed by atoms with E-state index in [0.717, 1.165) is 44.7 Å². The number of anilines is 6. The van der Waals surface area contributed by atoms with Crippen molar-refractivity contribution < 1.29 is 4.42 Å². The second-order valence-electron chi connectivity index (χ2n) is 13.7. The van der Waals surface area contributed by atoms with E-state index in [1.165, 1.54) is 55.2 Å². The maximum Gasteiger partial charge on any atom is 0.136 e. The molecule has 0 N–H and O–H groups in total. The van der Waals surface area contributed by atoms with Crippen molar-refractivity contribution in [3.05, 3.63) is 180 Å². The fraction of sp³-hybridized carbons (Fsp3) is 0.0833. The third-order valence-electron chi connectivity index (χ3n) is 10.1. The van der Waals surface area contributed by atoms with Crippen LogP contribution in [0.4, 0.5) is 34.1 Å². The highest BCUT2D eigenvalue weighted by molar-refractivity contribution is 6.26. The minimum absolute atomic E-state index is 0.901. The van der Waals surface area contributed by atoms with Gasteiger partial charge >= 0.3 is 0 Å². The van der Waals surface area contributed by atoms with E-state index >= 15 is 0 Å². The Labute approximate surface area is 298 Å². The van der Waals surface area contributed by atoms with Crippen LogP contribution >= 0.6 is 0 Å². The fourth-order valence-corrected chi connectivity index (χ4v) is 7.69. The molecule has 51 heavy (non-hydrogen) atoms. The lowest BCUT2D eigenvalue weighted by molar-refractivity contribution is 0.669. The molecule has 0 unspecified atom stereocenters. The van der Waals surface area contributed by atoms with E-state index in [2.05, 4.69) is 195 Å². The van der Waals surface area contributed by atoms with Gasteiger partial charge in [-0.1, -0.05) is 84.9 Å². The topological polar surface area (TPSA) is 19.6 Å². The Morgan fingerprint density at radius 2 is 0.804 bits per heavy atom. The Kier molecular flexibility index (Phi) is 7.36. The highest BCUT2D eigenvalue weighted by atomic mass is 16.3. The fourth-order valence-electron chi connectivity index (χ4n) is 7.69. The molecule has 246 valence electrons. The summed E-state index contributed by atoms with van der Waals surface area (Å²) in [6.45, 7) is 8.66. The van der Waals surface area contributed by atoms with Gasteiger partial charge in [0.2, 0.25) is 0 Å². The van der Waals surface area contributed by atoms with E-state index in [9.17, 15) is 0 Å². The van der Waals surface area contributed by atoms with Crippen molar-refractivity contribution in [2.45, 2.75) is 27.7 Å². The molecule has 1 heterocycles.